The van der Waals surface area contributed by atoms with Crippen molar-refractivity contribution in [3.8, 4) is 5.75 Å². The average Bonchev–Trinajstić information content (AvgIpc) is 3.38. The van der Waals surface area contributed by atoms with Gasteiger partial charge in [0, 0.05) is 17.3 Å². The van der Waals surface area contributed by atoms with E-state index in [2.05, 4.69) is 26.0 Å². The van der Waals surface area contributed by atoms with Gasteiger partial charge < -0.3 is 10.1 Å². The molecular weight excluding hydrogens is 408 g/mol. The molecule has 2 aromatic carbocycles. The quantitative estimate of drug-likeness (QED) is 0.745. The molecule has 0 atom stereocenters. The Kier molecular flexibility index (Phi) is 5.12. The normalized spacial score (nSPS) is 14.2. The number of halogens is 1. The van der Waals surface area contributed by atoms with Crippen molar-refractivity contribution in [2.45, 2.75) is 23.8 Å². The van der Waals surface area contributed by atoms with E-state index < -0.39 is 10.0 Å². The van der Waals surface area contributed by atoms with Crippen molar-refractivity contribution in [3.05, 3.63) is 52.5 Å². The van der Waals surface area contributed by atoms with Crippen LogP contribution < -0.4 is 14.8 Å². The fourth-order valence-electron chi connectivity index (χ4n) is 2.24. The van der Waals surface area contributed by atoms with Crippen LogP contribution in [0.5, 0.6) is 5.75 Å². The maximum Gasteiger partial charge on any atom is 0.255 e. The molecule has 1 fully saturated rings. The molecule has 0 aromatic heterocycles. The van der Waals surface area contributed by atoms with Crippen molar-refractivity contribution < 1.29 is 17.9 Å². The van der Waals surface area contributed by atoms with E-state index >= 15 is 0 Å². The van der Waals surface area contributed by atoms with E-state index in [-0.39, 0.29) is 16.8 Å². The van der Waals surface area contributed by atoms with Crippen molar-refractivity contribution in [1.29, 1.82) is 0 Å². The number of benzene rings is 2. The van der Waals surface area contributed by atoms with Gasteiger partial charge in [0.2, 0.25) is 10.0 Å². The van der Waals surface area contributed by atoms with E-state index in [4.69, 9.17) is 4.74 Å². The maximum absolute atomic E-state index is 12.4. The van der Waals surface area contributed by atoms with Crippen LogP contribution in [0.3, 0.4) is 0 Å². The Labute approximate surface area is 154 Å². The van der Waals surface area contributed by atoms with E-state index in [0.717, 1.165) is 12.8 Å². The number of amides is 1. The van der Waals surface area contributed by atoms with Crippen LogP contribution in [-0.4, -0.2) is 27.5 Å². The molecule has 0 saturated heterocycles. The lowest BCUT2D eigenvalue weighted by Gasteiger charge is -2.10. The van der Waals surface area contributed by atoms with Crippen LogP contribution in [0.25, 0.3) is 0 Å². The third kappa shape index (κ3) is 4.39. The first-order valence-electron chi connectivity index (χ1n) is 7.66. The fraction of sp³-hybridized carbons (Fsp3) is 0.235. The molecule has 2 aromatic rings. The van der Waals surface area contributed by atoms with Crippen LogP contribution in [0, 0.1) is 0 Å². The van der Waals surface area contributed by atoms with Crippen molar-refractivity contribution in [3.63, 3.8) is 0 Å². The highest BCUT2D eigenvalue weighted by Gasteiger charge is 2.28. The summed E-state index contributed by atoms with van der Waals surface area (Å²) in [5.74, 6) is 0.281. The van der Waals surface area contributed by atoms with Crippen LogP contribution in [-0.2, 0) is 10.0 Å². The molecule has 1 aliphatic carbocycles. The molecule has 6 nitrogen and oxygen atoms in total. The standard InChI is InChI=1S/C17H17BrN2O4S/c1-24-16-8-5-11(9-15(16)18)17(21)19-13-3-2-4-14(10-13)25(22,23)20-12-6-7-12/h2-5,8-10,12,20H,6-7H2,1H3,(H,19,21). The number of sulfonamides is 1. The molecule has 0 aliphatic heterocycles. The number of carbonyl (C=O) groups excluding carboxylic acids is 1. The highest BCUT2D eigenvalue weighted by atomic mass is 79.9. The fourth-order valence-corrected chi connectivity index (χ4v) is 4.13. The number of ether oxygens (including phenoxy) is 1. The molecule has 0 spiro atoms. The first kappa shape index (κ1) is 17.9. The van der Waals surface area contributed by atoms with E-state index in [1.807, 2.05) is 0 Å². The summed E-state index contributed by atoms with van der Waals surface area (Å²) in [4.78, 5) is 12.5. The Balaban J connectivity index is 1.77. The van der Waals surface area contributed by atoms with E-state index in [1.54, 1.807) is 37.4 Å². The van der Waals surface area contributed by atoms with Gasteiger partial charge in [0.05, 0.1) is 16.5 Å². The van der Waals surface area contributed by atoms with E-state index in [9.17, 15) is 13.2 Å². The van der Waals surface area contributed by atoms with Gasteiger partial charge in [-0.3, -0.25) is 4.79 Å². The number of carbonyl (C=O) groups is 1. The molecule has 0 bridgehead atoms. The Morgan fingerprint density at radius 2 is 1.96 bits per heavy atom. The van der Waals surface area contributed by atoms with Crippen molar-refractivity contribution in [2.24, 2.45) is 0 Å². The minimum absolute atomic E-state index is 0.0277. The molecule has 2 N–H and O–H groups in total. The number of hydrogen-bond donors (Lipinski definition) is 2. The van der Waals surface area contributed by atoms with Gasteiger partial charge in [-0.1, -0.05) is 6.07 Å². The summed E-state index contributed by atoms with van der Waals surface area (Å²) in [7, 11) is -2.02. The van der Waals surface area contributed by atoms with Crippen LogP contribution in [0.1, 0.15) is 23.2 Å². The summed E-state index contributed by atoms with van der Waals surface area (Å²) in [6, 6.07) is 11.2. The zero-order chi connectivity index (χ0) is 18.0. The van der Waals surface area contributed by atoms with Crippen LogP contribution in [0.2, 0.25) is 0 Å². The van der Waals surface area contributed by atoms with Gasteiger partial charge in [-0.15, -0.1) is 0 Å². The summed E-state index contributed by atoms with van der Waals surface area (Å²) in [5, 5.41) is 2.71. The van der Waals surface area contributed by atoms with E-state index in [1.165, 1.54) is 12.1 Å². The summed E-state index contributed by atoms with van der Waals surface area (Å²) >= 11 is 3.33. The zero-order valence-corrected chi connectivity index (χ0v) is 15.9. The molecule has 1 amide bonds. The summed E-state index contributed by atoms with van der Waals surface area (Å²) in [5.41, 5.74) is 0.840. The monoisotopic (exact) mass is 424 g/mol. The highest BCUT2D eigenvalue weighted by Crippen LogP contribution is 2.26. The third-order valence-electron chi connectivity index (χ3n) is 3.72. The molecule has 1 aliphatic rings. The molecular formula is C17H17BrN2O4S. The topological polar surface area (TPSA) is 84.5 Å². The first-order valence-corrected chi connectivity index (χ1v) is 9.94. The lowest BCUT2D eigenvalue weighted by atomic mass is 10.2. The smallest absolute Gasteiger partial charge is 0.255 e. The van der Waals surface area contributed by atoms with Gasteiger partial charge in [-0.05, 0) is 65.2 Å². The lowest BCUT2D eigenvalue weighted by molar-refractivity contribution is 0.102. The number of rotatable bonds is 6. The second-order valence-corrected chi connectivity index (χ2v) is 8.30. The maximum atomic E-state index is 12.4. The minimum Gasteiger partial charge on any atom is -0.496 e. The SMILES string of the molecule is COc1ccc(C(=O)Nc2cccc(S(=O)(=O)NC3CC3)c2)cc1Br. The molecule has 8 heteroatoms. The summed E-state index contributed by atoms with van der Waals surface area (Å²) < 4.78 is 32.9. The zero-order valence-electron chi connectivity index (χ0n) is 13.5. The van der Waals surface area contributed by atoms with Crippen LogP contribution >= 0.6 is 15.9 Å². The predicted octanol–water partition coefficient (Wildman–Crippen LogP) is 3.15. The van der Waals surface area contributed by atoms with Crippen molar-refractivity contribution in [2.75, 3.05) is 12.4 Å². The van der Waals surface area contributed by atoms with Crippen molar-refractivity contribution in [1.82, 2.24) is 4.72 Å². The van der Waals surface area contributed by atoms with E-state index in [0.29, 0.717) is 21.5 Å². The summed E-state index contributed by atoms with van der Waals surface area (Å²) in [6.45, 7) is 0. The second kappa shape index (κ2) is 7.15. The number of nitrogens with one attached hydrogen (secondary N) is 2. The van der Waals surface area contributed by atoms with Gasteiger partial charge in [0.1, 0.15) is 5.75 Å². The summed E-state index contributed by atoms with van der Waals surface area (Å²) in [6.07, 6.45) is 1.73. The van der Waals surface area contributed by atoms with Gasteiger partial charge in [-0.2, -0.15) is 0 Å². The molecule has 25 heavy (non-hydrogen) atoms. The Morgan fingerprint density at radius 3 is 2.60 bits per heavy atom. The molecule has 3 rings (SSSR count). The van der Waals surface area contributed by atoms with Gasteiger partial charge in [0.25, 0.3) is 5.91 Å². The number of hydrogen-bond acceptors (Lipinski definition) is 4. The number of methoxy groups -OCH3 is 1. The van der Waals surface area contributed by atoms with Gasteiger partial charge in [0.15, 0.2) is 0 Å². The molecule has 0 unspecified atom stereocenters. The van der Waals surface area contributed by atoms with Crippen LogP contribution in [0.15, 0.2) is 51.8 Å². The van der Waals surface area contributed by atoms with Crippen LogP contribution in [0.4, 0.5) is 5.69 Å². The Hall–Kier alpha value is -1.90. The molecule has 0 radical (unpaired) electrons. The Morgan fingerprint density at radius 1 is 1.20 bits per heavy atom. The second-order valence-electron chi connectivity index (χ2n) is 5.73. The lowest BCUT2D eigenvalue weighted by Crippen LogP contribution is -2.25. The molecule has 1 saturated carbocycles. The largest absolute Gasteiger partial charge is 0.496 e. The number of anilines is 1. The minimum atomic E-state index is -3.56. The van der Waals surface area contributed by atoms with Gasteiger partial charge >= 0.3 is 0 Å². The van der Waals surface area contributed by atoms with Crippen molar-refractivity contribution >= 4 is 37.5 Å². The Bertz CT molecular complexity index is 911. The van der Waals surface area contributed by atoms with Gasteiger partial charge in [-0.25, -0.2) is 13.1 Å². The third-order valence-corrected chi connectivity index (χ3v) is 5.85. The molecule has 0 heterocycles. The average molecular weight is 425 g/mol. The first-order chi connectivity index (χ1) is 11.9. The molecule has 132 valence electrons. The highest BCUT2D eigenvalue weighted by molar-refractivity contribution is 9.10. The predicted molar refractivity (Wildman–Crippen MR) is 98.4 cm³/mol.